The van der Waals surface area contributed by atoms with Gasteiger partial charge in [0.05, 0.1) is 23.4 Å². The first kappa shape index (κ1) is 42.0. The molecule has 4 atom stereocenters. The summed E-state index contributed by atoms with van der Waals surface area (Å²) in [5, 5.41) is 10.3. The maximum absolute atomic E-state index is 14.4. The SMILES string of the molecule is CC(C)(C)O[C@@H]1C[C@@H](c2nc(CCCc3ccccc3)no2)N(C(=O)c2ccc3cc(C(=O)N4C[C@H](OC(C)(C)C)C[C@H]4c4nc(CCc5ccccc5)no4)ccc3c2)C1. The second-order valence-electron chi connectivity index (χ2n) is 18.3. The predicted octanol–water partition coefficient (Wildman–Crippen LogP) is 9.11. The van der Waals surface area contributed by atoms with Gasteiger partial charge in [0, 0.05) is 49.9 Å². The van der Waals surface area contributed by atoms with Crippen LogP contribution in [0.2, 0.25) is 0 Å². The van der Waals surface area contributed by atoms with Crippen molar-refractivity contribution in [1.82, 2.24) is 30.1 Å². The lowest BCUT2D eigenvalue weighted by Crippen LogP contribution is -2.34. The number of aryl methyl sites for hydroxylation is 4. The number of fused-ring (bicyclic) bond motifs is 1. The minimum atomic E-state index is -0.433. The van der Waals surface area contributed by atoms with E-state index in [2.05, 4.69) is 34.6 Å². The first-order chi connectivity index (χ1) is 29.2. The van der Waals surface area contributed by atoms with Gasteiger partial charge in [-0.1, -0.05) is 83.1 Å². The van der Waals surface area contributed by atoms with Crippen molar-refractivity contribution in [1.29, 1.82) is 0 Å². The Hall–Kier alpha value is -5.72. The molecule has 2 fully saturated rings. The normalized spacial score (nSPS) is 19.6. The van der Waals surface area contributed by atoms with Gasteiger partial charge in [0.2, 0.25) is 11.8 Å². The third-order valence-electron chi connectivity index (χ3n) is 11.1. The summed E-state index contributed by atoms with van der Waals surface area (Å²) in [4.78, 5) is 41.9. The quantitative estimate of drug-likeness (QED) is 0.111. The van der Waals surface area contributed by atoms with Crippen molar-refractivity contribution < 1.29 is 28.1 Å². The minimum absolute atomic E-state index is 0.150. The zero-order chi connectivity index (χ0) is 42.7. The van der Waals surface area contributed by atoms with Crippen molar-refractivity contribution in [3.63, 3.8) is 0 Å². The summed E-state index contributed by atoms with van der Waals surface area (Å²) in [5.74, 6) is 1.77. The fourth-order valence-electron chi connectivity index (χ4n) is 8.53. The molecular weight excluding hydrogens is 769 g/mol. The number of rotatable bonds is 13. The predicted molar refractivity (Wildman–Crippen MR) is 231 cm³/mol. The van der Waals surface area contributed by atoms with Crippen LogP contribution in [-0.2, 0) is 35.2 Å². The lowest BCUT2D eigenvalue weighted by molar-refractivity contribution is -0.0539. The van der Waals surface area contributed by atoms with Crippen LogP contribution in [0.25, 0.3) is 10.8 Å². The van der Waals surface area contributed by atoms with Crippen molar-refractivity contribution in [2.24, 2.45) is 0 Å². The number of benzene rings is 4. The maximum atomic E-state index is 14.4. The van der Waals surface area contributed by atoms with Crippen LogP contribution in [-0.4, -0.2) is 78.4 Å². The largest absolute Gasteiger partial charge is 0.371 e. The van der Waals surface area contributed by atoms with Crippen LogP contribution in [0.3, 0.4) is 0 Å². The number of hydrogen-bond acceptors (Lipinski definition) is 10. The van der Waals surface area contributed by atoms with Crippen molar-refractivity contribution >= 4 is 22.6 Å². The van der Waals surface area contributed by atoms with E-state index >= 15 is 0 Å². The zero-order valence-electron chi connectivity index (χ0n) is 36.0. The molecule has 6 aromatic rings. The molecule has 0 bridgehead atoms. The molecule has 2 saturated heterocycles. The highest BCUT2D eigenvalue weighted by molar-refractivity contribution is 6.02. The Bertz CT molecular complexity index is 2430. The van der Waals surface area contributed by atoms with E-state index in [4.69, 9.17) is 28.5 Å². The summed E-state index contributed by atoms with van der Waals surface area (Å²) >= 11 is 0. The van der Waals surface area contributed by atoms with Crippen molar-refractivity contribution in [3.05, 3.63) is 143 Å². The standard InChI is InChI=1S/C49H56N6O6/c1-48(2,3)58-38-28-40(44-50-42(52-60-44)19-13-18-32-14-9-7-10-15-32)54(30-38)46(56)36-23-21-35-27-37(24-22-34(35)26-36)47(57)55-31-39(59-49(4,5)6)29-41(55)45-51-43(53-61-45)25-20-33-16-11-8-12-17-33/h7-12,14-17,21-24,26-27,38-41H,13,18-20,25,28-31H2,1-6H3/t38-,39-,40+,41+/m1/s1. The van der Waals surface area contributed by atoms with Gasteiger partial charge in [-0.15, -0.1) is 0 Å². The summed E-state index contributed by atoms with van der Waals surface area (Å²) in [6.45, 7) is 12.9. The molecule has 12 nitrogen and oxygen atoms in total. The summed E-state index contributed by atoms with van der Waals surface area (Å²) in [6.07, 6.45) is 4.57. The van der Waals surface area contributed by atoms with Gasteiger partial charge in [0.25, 0.3) is 11.8 Å². The molecule has 4 aromatic carbocycles. The number of likely N-dealkylation sites (tertiary alicyclic amines) is 2. The van der Waals surface area contributed by atoms with Gasteiger partial charge < -0.3 is 28.3 Å². The number of amides is 2. The van der Waals surface area contributed by atoms with E-state index in [9.17, 15) is 9.59 Å². The smallest absolute Gasteiger partial charge is 0.254 e. The second kappa shape index (κ2) is 17.7. The zero-order valence-corrected chi connectivity index (χ0v) is 36.0. The first-order valence-electron chi connectivity index (χ1n) is 21.5. The van der Waals surface area contributed by atoms with Crippen LogP contribution in [0, 0.1) is 0 Å². The molecular formula is C49H56N6O6. The Kier molecular flexibility index (Phi) is 12.2. The molecule has 318 valence electrons. The van der Waals surface area contributed by atoms with Gasteiger partial charge >= 0.3 is 0 Å². The van der Waals surface area contributed by atoms with Gasteiger partial charge in [0.15, 0.2) is 11.6 Å². The van der Waals surface area contributed by atoms with Gasteiger partial charge in [-0.05, 0) is 107 Å². The average molecular weight is 825 g/mol. The summed E-state index contributed by atoms with van der Waals surface area (Å²) in [6, 6.07) is 30.9. The Balaban J connectivity index is 0.985. The highest BCUT2D eigenvalue weighted by Gasteiger charge is 2.43. The number of ether oxygens (including phenoxy) is 2. The van der Waals surface area contributed by atoms with E-state index < -0.39 is 23.3 Å². The molecule has 0 unspecified atom stereocenters. The monoisotopic (exact) mass is 824 g/mol. The highest BCUT2D eigenvalue weighted by Crippen LogP contribution is 2.38. The highest BCUT2D eigenvalue weighted by atomic mass is 16.5. The number of carbonyl (C=O) groups is 2. The Labute approximate surface area is 357 Å². The molecule has 0 spiro atoms. The number of hydrogen-bond donors (Lipinski definition) is 0. The van der Waals surface area contributed by atoms with Crippen LogP contribution in [0.4, 0.5) is 0 Å². The van der Waals surface area contributed by atoms with E-state index in [1.54, 1.807) is 9.80 Å². The van der Waals surface area contributed by atoms with Crippen molar-refractivity contribution in [2.45, 2.75) is 122 Å². The van der Waals surface area contributed by atoms with Crippen LogP contribution >= 0.6 is 0 Å². The third-order valence-corrected chi connectivity index (χ3v) is 11.1. The molecule has 8 rings (SSSR count). The fraction of sp³-hybridized carbons (Fsp3) is 0.429. The summed E-state index contributed by atoms with van der Waals surface area (Å²) < 4.78 is 24.4. The molecule has 0 aliphatic carbocycles. The van der Waals surface area contributed by atoms with Gasteiger partial charge in [-0.2, -0.15) is 9.97 Å². The second-order valence-corrected chi connectivity index (χ2v) is 18.3. The summed E-state index contributed by atoms with van der Waals surface area (Å²) in [7, 11) is 0. The molecule has 2 aliphatic heterocycles. The van der Waals surface area contributed by atoms with Crippen molar-refractivity contribution in [3.8, 4) is 0 Å². The van der Waals surface area contributed by atoms with E-state index in [1.807, 2.05) is 114 Å². The topological polar surface area (TPSA) is 137 Å². The van der Waals surface area contributed by atoms with Crippen LogP contribution in [0.15, 0.2) is 106 Å². The molecule has 61 heavy (non-hydrogen) atoms. The summed E-state index contributed by atoms with van der Waals surface area (Å²) in [5.41, 5.74) is 2.72. The molecule has 0 N–H and O–H groups in total. The molecule has 4 heterocycles. The van der Waals surface area contributed by atoms with Crippen LogP contribution in [0.5, 0.6) is 0 Å². The molecule has 0 saturated carbocycles. The van der Waals surface area contributed by atoms with Gasteiger partial charge in [0.1, 0.15) is 12.1 Å². The van der Waals surface area contributed by atoms with E-state index in [0.29, 0.717) is 73.3 Å². The van der Waals surface area contributed by atoms with Crippen LogP contribution in [0.1, 0.15) is 128 Å². The minimum Gasteiger partial charge on any atom is -0.371 e. The molecule has 12 heteroatoms. The maximum Gasteiger partial charge on any atom is 0.254 e. The van der Waals surface area contributed by atoms with Crippen LogP contribution < -0.4 is 0 Å². The molecule has 2 amide bonds. The number of carbonyl (C=O) groups excluding carboxylic acids is 2. The van der Waals surface area contributed by atoms with Gasteiger partial charge in [-0.25, -0.2) is 0 Å². The Morgan fingerprint density at radius 1 is 0.590 bits per heavy atom. The van der Waals surface area contributed by atoms with Gasteiger partial charge in [-0.3, -0.25) is 9.59 Å². The van der Waals surface area contributed by atoms with E-state index in [0.717, 1.165) is 30.0 Å². The fourth-order valence-corrected chi connectivity index (χ4v) is 8.53. The average Bonchev–Trinajstić information content (AvgIpc) is 4.06. The third kappa shape index (κ3) is 10.4. The Morgan fingerprint density at radius 2 is 1.03 bits per heavy atom. The Morgan fingerprint density at radius 3 is 1.49 bits per heavy atom. The molecule has 2 aromatic heterocycles. The molecule has 2 aliphatic rings. The lowest BCUT2D eigenvalue weighted by Gasteiger charge is -2.25. The lowest BCUT2D eigenvalue weighted by atomic mass is 10.0. The van der Waals surface area contributed by atoms with E-state index in [1.165, 1.54) is 11.1 Å². The first-order valence-corrected chi connectivity index (χ1v) is 21.5. The number of aromatic nitrogens is 4. The molecule has 0 radical (unpaired) electrons. The van der Waals surface area contributed by atoms with E-state index in [-0.39, 0.29) is 24.0 Å². The number of nitrogens with zero attached hydrogens (tertiary/aromatic N) is 6. The van der Waals surface area contributed by atoms with Crippen molar-refractivity contribution in [2.75, 3.05) is 13.1 Å².